The monoisotopic (exact) mass is 367 g/mol. The van der Waals surface area contributed by atoms with Crippen LogP contribution in [0.25, 0.3) is 21.9 Å². The van der Waals surface area contributed by atoms with Crippen molar-refractivity contribution in [3.05, 3.63) is 72.3 Å². The van der Waals surface area contributed by atoms with Crippen molar-refractivity contribution in [2.45, 2.75) is 11.4 Å². The van der Waals surface area contributed by atoms with E-state index in [-0.39, 0.29) is 11.4 Å². The van der Waals surface area contributed by atoms with Crippen LogP contribution >= 0.6 is 0 Å². The Bertz CT molecular complexity index is 1180. The van der Waals surface area contributed by atoms with Crippen LogP contribution in [0, 0.1) is 0 Å². The van der Waals surface area contributed by atoms with E-state index in [2.05, 4.69) is 4.72 Å². The number of hydrogen-bond donors (Lipinski definition) is 1. The molecule has 26 heavy (non-hydrogen) atoms. The lowest BCUT2D eigenvalue weighted by atomic mass is 10.1. The second-order valence-electron chi connectivity index (χ2n) is 5.88. The van der Waals surface area contributed by atoms with Gasteiger partial charge < -0.3 is 9.15 Å². The first-order chi connectivity index (χ1) is 12.6. The Hall–Kier alpha value is -2.83. The molecule has 5 nitrogen and oxygen atoms in total. The Morgan fingerprint density at radius 2 is 1.69 bits per heavy atom. The van der Waals surface area contributed by atoms with Gasteiger partial charge in [0, 0.05) is 11.9 Å². The standard InChI is InChI=1S/C20H17NO4S/c1-24-17-11-12-18(19-15-9-5-6-10-16(15)25-20(17)19)26(22,23)21-13-14-7-3-2-4-8-14/h2-12,21H,13H2,1H3. The van der Waals surface area contributed by atoms with Gasteiger partial charge in [-0.3, -0.25) is 0 Å². The summed E-state index contributed by atoms with van der Waals surface area (Å²) >= 11 is 0. The summed E-state index contributed by atoms with van der Waals surface area (Å²) in [7, 11) is -2.21. The molecule has 0 atom stereocenters. The lowest BCUT2D eigenvalue weighted by Gasteiger charge is -2.09. The highest BCUT2D eigenvalue weighted by Gasteiger charge is 2.23. The van der Waals surface area contributed by atoms with Crippen molar-refractivity contribution in [3.8, 4) is 5.75 Å². The van der Waals surface area contributed by atoms with Crippen LogP contribution in [-0.2, 0) is 16.6 Å². The zero-order valence-corrected chi connectivity index (χ0v) is 14.9. The summed E-state index contributed by atoms with van der Waals surface area (Å²) in [5.41, 5.74) is 1.93. The van der Waals surface area contributed by atoms with Gasteiger partial charge in [-0.2, -0.15) is 0 Å². The summed E-state index contributed by atoms with van der Waals surface area (Å²) in [5, 5.41) is 1.27. The van der Waals surface area contributed by atoms with E-state index in [4.69, 9.17) is 9.15 Å². The normalized spacial score (nSPS) is 11.9. The highest BCUT2D eigenvalue weighted by molar-refractivity contribution is 7.89. The predicted octanol–water partition coefficient (Wildman–Crippen LogP) is 4.07. The number of para-hydroxylation sites is 1. The summed E-state index contributed by atoms with van der Waals surface area (Å²) in [6, 6.07) is 19.9. The molecule has 0 saturated carbocycles. The average molecular weight is 367 g/mol. The minimum Gasteiger partial charge on any atom is -0.493 e. The molecule has 1 N–H and O–H groups in total. The fourth-order valence-corrected chi connectivity index (χ4v) is 4.24. The zero-order valence-electron chi connectivity index (χ0n) is 14.1. The van der Waals surface area contributed by atoms with E-state index in [1.807, 2.05) is 54.6 Å². The summed E-state index contributed by atoms with van der Waals surface area (Å²) in [4.78, 5) is 0.175. The first-order valence-electron chi connectivity index (χ1n) is 8.12. The average Bonchev–Trinajstić information content (AvgIpc) is 3.06. The third kappa shape index (κ3) is 2.83. The first kappa shape index (κ1) is 16.6. The van der Waals surface area contributed by atoms with E-state index >= 15 is 0 Å². The van der Waals surface area contributed by atoms with Crippen molar-refractivity contribution in [3.63, 3.8) is 0 Å². The topological polar surface area (TPSA) is 68.5 Å². The van der Waals surface area contributed by atoms with Gasteiger partial charge in [0.25, 0.3) is 0 Å². The highest BCUT2D eigenvalue weighted by atomic mass is 32.2. The van der Waals surface area contributed by atoms with Crippen LogP contribution in [0.15, 0.2) is 76.0 Å². The number of methoxy groups -OCH3 is 1. The Labute approximate surface area is 151 Å². The summed E-state index contributed by atoms with van der Waals surface area (Å²) in [5.74, 6) is 0.498. The van der Waals surface area contributed by atoms with E-state index in [0.29, 0.717) is 22.3 Å². The van der Waals surface area contributed by atoms with E-state index in [1.54, 1.807) is 12.1 Å². The minimum absolute atomic E-state index is 0.175. The minimum atomic E-state index is -3.74. The molecular formula is C20H17NO4S. The van der Waals surface area contributed by atoms with Gasteiger partial charge >= 0.3 is 0 Å². The van der Waals surface area contributed by atoms with Crippen molar-refractivity contribution in [1.29, 1.82) is 0 Å². The third-order valence-electron chi connectivity index (χ3n) is 4.27. The van der Waals surface area contributed by atoms with Crippen molar-refractivity contribution < 1.29 is 17.6 Å². The molecular weight excluding hydrogens is 350 g/mol. The molecule has 4 aromatic rings. The quantitative estimate of drug-likeness (QED) is 0.577. The lowest BCUT2D eigenvalue weighted by Crippen LogP contribution is -2.23. The molecule has 3 aromatic carbocycles. The molecule has 132 valence electrons. The van der Waals surface area contributed by atoms with Crippen LogP contribution in [0.1, 0.15) is 5.56 Å². The summed E-state index contributed by atoms with van der Waals surface area (Å²) in [6.07, 6.45) is 0. The van der Waals surface area contributed by atoms with E-state index in [0.717, 1.165) is 10.9 Å². The molecule has 1 heterocycles. The fourth-order valence-electron chi connectivity index (χ4n) is 3.01. The molecule has 0 aliphatic heterocycles. The predicted molar refractivity (Wildman–Crippen MR) is 101 cm³/mol. The van der Waals surface area contributed by atoms with Gasteiger partial charge in [0.15, 0.2) is 11.3 Å². The molecule has 0 radical (unpaired) electrons. The SMILES string of the molecule is COc1ccc(S(=O)(=O)NCc2ccccc2)c2c1oc1ccccc12. The van der Waals surface area contributed by atoms with Crippen molar-refractivity contribution in [2.24, 2.45) is 0 Å². The molecule has 1 aromatic heterocycles. The fraction of sp³-hybridized carbons (Fsp3) is 0.100. The van der Waals surface area contributed by atoms with Crippen LogP contribution in [-0.4, -0.2) is 15.5 Å². The maximum Gasteiger partial charge on any atom is 0.241 e. The number of rotatable bonds is 5. The zero-order chi connectivity index (χ0) is 18.1. The van der Waals surface area contributed by atoms with Crippen molar-refractivity contribution in [1.82, 2.24) is 4.72 Å². The van der Waals surface area contributed by atoms with Crippen molar-refractivity contribution >= 4 is 32.0 Å². The van der Waals surface area contributed by atoms with Gasteiger partial charge in [0.2, 0.25) is 10.0 Å². The molecule has 0 unspecified atom stereocenters. The molecule has 0 spiro atoms. The Kier molecular flexibility index (Phi) is 4.14. The number of furan rings is 1. The molecule has 4 rings (SSSR count). The number of sulfonamides is 1. The van der Waals surface area contributed by atoms with Crippen LogP contribution in [0.3, 0.4) is 0 Å². The van der Waals surface area contributed by atoms with Crippen LogP contribution < -0.4 is 9.46 Å². The molecule has 0 aliphatic carbocycles. The highest BCUT2D eigenvalue weighted by Crippen LogP contribution is 2.38. The summed E-state index contributed by atoms with van der Waals surface area (Å²) < 4.78 is 39.8. The molecule has 0 aliphatic rings. The van der Waals surface area contributed by atoms with Gasteiger partial charge in [0.1, 0.15) is 5.58 Å². The largest absolute Gasteiger partial charge is 0.493 e. The van der Waals surface area contributed by atoms with Crippen LogP contribution in [0.4, 0.5) is 0 Å². The maximum absolute atomic E-state index is 13.0. The van der Waals surface area contributed by atoms with Gasteiger partial charge in [-0.15, -0.1) is 0 Å². The number of ether oxygens (including phenoxy) is 1. The van der Waals surface area contributed by atoms with Gasteiger partial charge in [0.05, 0.1) is 17.4 Å². The summed E-state index contributed by atoms with van der Waals surface area (Å²) in [6.45, 7) is 0.215. The van der Waals surface area contributed by atoms with Gasteiger partial charge in [-0.25, -0.2) is 13.1 Å². The number of fused-ring (bicyclic) bond motifs is 3. The van der Waals surface area contributed by atoms with E-state index in [1.165, 1.54) is 7.11 Å². The Morgan fingerprint density at radius 1 is 0.962 bits per heavy atom. The Balaban J connectivity index is 1.85. The maximum atomic E-state index is 13.0. The van der Waals surface area contributed by atoms with E-state index in [9.17, 15) is 8.42 Å². The van der Waals surface area contributed by atoms with Crippen LogP contribution in [0.5, 0.6) is 5.75 Å². The Morgan fingerprint density at radius 3 is 2.46 bits per heavy atom. The second kappa shape index (κ2) is 6.48. The van der Waals surface area contributed by atoms with Crippen molar-refractivity contribution in [2.75, 3.05) is 7.11 Å². The van der Waals surface area contributed by atoms with Gasteiger partial charge in [-0.1, -0.05) is 48.5 Å². The molecule has 0 amide bonds. The third-order valence-corrected chi connectivity index (χ3v) is 5.71. The number of benzene rings is 3. The second-order valence-corrected chi connectivity index (χ2v) is 7.61. The number of nitrogens with one attached hydrogen (secondary N) is 1. The molecule has 6 heteroatoms. The first-order valence-corrected chi connectivity index (χ1v) is 9.60. The lowest BCUT2D eigenvalue weighted by molar-refractivity contribution is 0.411. The molecule has 0 saturated heterocycles. The smallest absolute Gasteiger partial charge is 0.241 e. The number of hydrogen-bond acceptors (Lipinski definition) is 4. The molecule has 0 bridgehead atoms. The van der Waals surface area contributed by atoms with Gasteiger partial charge in [-0.05, 0) is 23.8 Å². The van der Waals surface area contributed by atoms with Crippen LogP contribution in [0.2, 0.25) is 0 Å². The molecule has 0 fully saturated rings. The van der Waals surface area contributed by atoms with E-state index < -0.39 is 10.0 Å².